The average molecular weight is 393 g/mol. The largest absolute Gasteiger partial charge is 0.459 e. The van der Waals surface area contributed by atoms with Crippen molar-refractivity contribution in [3.63, 3.8) is 0 Å². The van der Waals surface area contributed by atoms with Crippen LogP contribution in [0.4, 0.5) is 0 Å². The molecule has 2 bridgehead atoms. The molecule has 2 fully saturated rings. The fraction of sp³-hybridized carbons (Fsp3) is 0.522. The fourth-order valence-corrected chi connectivity index (χ4v) is 5.02. The van der Waals surface area contributed by atoms with Crippen LogP contribution in [0.3, 0.4) is 0 Å². The van der Waals surface area contributed by atoms with E-state index in [9.17, 15) is 9.59 Å². The van der Waals surface area contributed by atoms with Crippen LogP contribution in [0.15, 0.2) is 35.1 Å². The maximum atomic E-state index is 13.0. The van der Waals surface area contributed by atoms with Crippen LogP contribution in [-0.4, -0.2) is 40.2 Å². The molecule has 0 N–H and O–H groups in total. The molecule has 0 amide bonds. The number of nitrogens with zero attached hydrogens (tertiary/aromatic N) is 3. The molecular weight excluding hydrogens is 366 g/mol. The first-order valence-corrected chi connectivity index (χ1v) is 10.5. The van der Waals surface area contributed by atoms with Crippen molar-refractivity contribution in [1.29, 1.82) is 5.26 Å². The molecule has 0 spiro atoms. The summed E-state index contributed by atoms with van der Waals surface area (Å²) < 4.78 is 7.50. The zero-order chi connectivity index (χ0) is 20.5. The van der Waals surface area contributed by atoms with Crippen molar-refractivity contribution >= 4 is 16.9 Å². The first-order chi connectivity index (χ1) is 14.0. The third-order valence-corrected chi connectivity index (χ3v) is 6.28. The molecule has 2 saturated heterocycles. The van der Waals surface area contributed by atoms with Gasteiger partial charge in [0, 0.05) is 43.9 Å². The van der Waals surface area contributed by atoms with Crippen molar-refractivity contribution in [2.24, 2.45) is 0 Å². The third kappa shape index (κ3) is 3.67. The molecular formula is C23H27N3O3. The van der Waals surface area contributed by atoms with E-state index < -0.39 is 5.97 Å². The Morgan fingerprint density at radius 3 is 2.59 bits per heavy atom. The highest BCUT2D eigenvalue weighted by atomic mass is 16.5. The van der Waals surface area contributed by atoms with Crippen molar-refractivity contribution in [3.05, 3.63) is 46.2 Å². The molecule has 6 nitrogen and oxygen atoms in total. The van der Waals surface area contributed by atoms with Crippen LogP contribution in [0, 0.1) is 11.3 Å². The lowest BCUT2D eigenvalue weighted by Gasteiger charge is -2.38. The summed E-state index contributed by atoms with van der Waals surface area (Å²) in [6, 6.07) is 12.2. The number of carbonyl (C=O) groups is 1. The van der Waals surface area contributed by atoms with E-state index in [4.69, 9.17) is 10.00 Å². The summed E-state index contributed by atoms with van der Waals surface area (Å²) in [4.78, 5) is 28.4. The number of para-hydroxylation sites is 1. The first-order valence-electron chi connectivity index (χ1n) is 10.5. The average Bonchev–Trinajstić information content (AvgIpc) is 2.93. The zero-order valence-electron chi connectivity index (χ0n) is 17.0. The van der Waals surface area contributed by atoms with E-state index in [1.165, 1.54) is 0 Å². The number of hydrogen-bond acceptors (Lipinski definition) is 5. The topological polar surface area (TPSA) is 75.3 Å². The van der Waals surface area contributed by atoms with Crippen LogP contribution in [0.1, 0.15) is 62.4 Å². The summed E-state index contributed by atoms with van der Waals surface area (Å²) in [5, 5.41) is 9.73. The summed E-state index contributed by atoms with van der Waals surface area (Å²) in [7, 11) is 0. The Balaban J connectivity index is 1.56. The first kappa shape index (κ1) is 19.7. The Morgan fingerprint density at radius 1 is 1.24 bits per heavy atom. The minimum absolute atomic E-state index is 0.0561. The summed E-state index contributed by atoms with van der Waals surface area (Å²) >= 11 is 0. The van der Waals surface area contributed by atoms with E-state index in [1.54, 1.807) is 10.6 Å². The number of esters is 1. The van der Waals surface area contributed by atoms with Crippen LogP contribution in [0.5, 0.6) is 0 Å². The molecule has 0 aliphatic carbocycles. The Bertz CT molecular complexity index is 1010. The minimum Gasteiger partial charge on any atom is -0.459 e. The molecule has 1 aromatic heterocycles. The maximum absolute atomic E-state index is 13.0. The van der Waals surface area contributed by atoms with Gasteiger partial charge in [-0.1, -0.05) is 18.2 Å². The number of carbonyl (C=O) groups excluding carboxylic acids is 1. The van der Waals surface area contributed by atoms with Gasteiger partial charge in [0.1, 0.15) is 11.7 Å². The quantitative estimate of drug-likeness (QED) is 0.725. The molecule has 3 heterocycles. The van der Waals surface area contributed by atoms with Gasteiger partial charge in [-0.15, -0.1) is 0 Å². The summed E-state index contributed by atoms with van der Waals surface area (Å²) in [5.41, 5.74) is 0.641. The lowest BCUT2D eigenvalue weighted by Crippen LogP contribution is -2.46. The number of pyridine rings is 1. The van der Waals surface area contributed by atoms with E-state index in [2.05, 4.69) is 11.0 Å². The van der Waals surface area contributed by atoms with Crippen molar-refractivity contribution in [2.75, 3.05) is 6.54 Å². The lowest BCUT2D eigenvalue weighted by molar-refractivity contribution is -0.00569. The van der Waals surface area contributed by atoms with Crippen molar-refractivity contribution in [2.45, 2.75) is 70.2 Å². The standard InChI is InChI=1S/C23H27N3O3/c1-15(2)26-21-7-4-3-6-16(21)12-20(22(26)27)23(28)29-19-13-17-8-9-18(14-19)25(17)11-5-10-24/h3-4,6-7,12,15,17-19H,5,8-9,11,13-14H2,1-2H3/t17-,18+,19+. The molecule has 29 heavy (non-hydrogen) atoms. The Morgan fingerprint density at radius 2 is 1.93 bits per heavy atom. The van der Waals surface area contributed by atoms with Crippen LogP contribution >= 0.6 is 0 Å². The highest BCUT2D eigenvalue weighted by Crippen LogP contribution is 2.37. The molecule has 6 heteroatoms. The zero-order valence-corrected chi connectivity index (χ0v) is 17.0. The molecule has 2 aliphatic rings. The number of benzene rings is 1. The number of rotatable bonds is 5. The minimum atomic E-state index is -0.523. The molecule has 4 rings (SSSR count). The van der Waals surface area contributed by atoms with Gasteiger partial charge in [-0.05, 0) is 44.2 Å². The Hall–Kier alpha value is -2.65. The van der Waals surface area contributed by atoms with Gasteiger partial charge >= 0.3 is 5.97 Å². The van der Waals surface area contributed by atoms with Gasteiger partial charge in [-0.25, -0.2) is 4.79 Å². The molecule has 3 atom stereocenters. The monoisotopic (exact) mass is 393 g/mol. The van der Waals surface area contributed by atoms with E-state index in [-0.39, 0.29) is 23.3 Å². The lowest BCUT2D eigenvalue weighted by atomic mass is 9.99. The molecule has 0 unspecified atom stereocenters. The summed E-state index contributed by atoms with van der Waals surface area (Å²) in [6.07, 6.45) is 4.08. The molecule has 0 radical (unpaired) electrons. The van der Waals surface area contributed by atoms with Gasteiger partial charge in [0.15, 0.2) is 0 Å². The number of aromatic nitrogens is 1. The van der Waals surface area contributed by atoms with Gasteiger partial charge < -0.3 is 9.30 Å². The predicted molar refractivity (Wildman–Crippen MR) is 111 cm³/mol. The van der Waals surface area contributed by atoms with Crippen LogP contribution in [-0.2, 0) is 4.74 Å². The fourth-order valence-electron chi connectivity index (χ4n) is 5.02. The molecule has 152 valence electrons. The smallest absolute Gasteiger partial charge is 0.344 e. The molecule has 2 aliphatic heterocycles. The number of hydrogen-bond donors (Lipinski definition) is 0. The number of piperidine rings is 1. The predicted octanol–water partition coefficient (Wildman–Crippen LogP) is 3.65. The van der Waals surface area contributed by atoms with Crippen LogP contribution in [0.25, 0.3) is 10.9 Å². The second-order valence-corrected chi connectivity index (χ2v) is 8.42. The van der Waals surface area contributed by atoms with E-state index in [0.717, 1.165) is 43.1 Å². The summed E-state index contributed by atoms with van der Waals surface area (Å²) in [6.45, 7) is 4.67. The maximum Gasteiger partial charge on any atom is 0.344 e. The molecule has 1 aromatic carbocycles. The number of nitriles is 1. The van der Waals surface area contributed by atoms with E-state index in [0.29, 0.717) is 18.5 Å². The highest BCUT2D eigenvalue weighted by molar-refractivity contribution is 5.94. The second-order valence-electron chi connectivity index (χ2n) is 8.42. The highest BCUT2D eigenvalue weighted by Gasteiger charge is 2.41. The van der Waals surface area contributed by atoms with Gasteiger partial charge in [-0.3, -0.25) is 9.69 Å². The number of fused-ring (bicyclic) bond motifs is 3. The van der Waals surface area contributed by atoms with Gasteiger partial charge in [-0.2, -0.15) is 5.26 Å². The van der Waals surface area contributed by atoms with E-state index >= 15 is 0 Å². The molecule has 2 aromatic rings. The molecule has 0 saturated carbocycles. The van der Waals surface area contributed by atoms with Crippen molar-refractivity contribution < 1.29 is 9.53 Å². The van der Waals surface area contributed by atoms with Crippen molar-refractivity contribution in [1.82, 2.24) is 9.47 Å². The SMILES string of the molecule is CC(C)n1c(=O)c(C(=O)O[C@H]2C[C@H]3CC[C@@H](C2)N3CCC#N)cc2ccccc21. The third-order valence-electron chi connectivity index (χ3n) is 6.28. The number of ether oxygens (including phenoxy) is 1. The Labute approximate surface area is 170 Å². The van der Waals surface area contributed by atoms with E-state index in [1.807, 2.05) is 38.1 Å². The van der Waals surface area contributed by atoms with Crippen LogP contribution < -0.4 is 5.56 Å². The van der Waals surface area contributed by atoms with Gasteiger partial charge in [0.25, 0.3) is 5.56 Å². The van der Waals surface area contributed by atoms with Gasteiger partial charge in [0.2, 0.25) is 0 Å². The normalized spacial score (nSPS) is 24.0. The van der Waals surface area contributed by atoms with Gasteiger partial charge in [0.05, 0.1) is 11.6 Å². The summed E-state index contributed by atoms with van der Waals surface area (Å²) in [5.74, 6) is -0.523. The van der Waals surface area contributed by atoms with Crippen LogP contribution in [0.2, 0.25) is 0 Å². The second kappa shape index (κ2) is 8.00. The Kier molecular flexibility index (Phi) is 5.42. The van der Waals surface area contributed by atoms with Crippen molar-refractivity contribution in [3.8, 4) is 6.07 Å².